The van der Waals surface area contributed by atoms with E-state index in [-0.39, 0.29) is 5.91 Å². The molecule has 0 radical (unpaired) electrons. The van der Waals surface area contributed by atoms with Gasteiger partial charge < -0.3 is 15.6 Å². The van der Waals surface area contributed by atoms with Crippen molar-refractivity contribution in [3.63, 3.8) is 0 Å². The van der Waals surface area contributed by atoms with Gasteiger partial charge in [0.15, 0.2) is 0 Å². The molecule has 1 aromatic carbocycles. The first kappa shape index (κ1) is 14.1. The Bertz CT molecular complexity index is 593. The average Bonchev–Trinajstić information content (AvgIpc) is 2.74. The van der Waals surface area contributed by atoms with Crippen LogP contribution in [0.25, 0.3) is 0 Å². The first-order valence-electron chi connectivity index (χ1n) is 6.35. The second-order valence-corrected chi connectivity index (χ2v) is 4.80. The summed E-state index contributed by atoms with van der Waals surface area (Å²) < 4.78 is 1.94. The van der Waals surface area contributed by atoms with Gasteiger partial charge >= 0.3 is 0 Å². The summed E-state index contributed by atoms with van der Waals surface area (Å²) in [6.07, 6.45) is 3.63. The molecule has 20 heavy (non-hydrogen) atoms. The molecule has 0 saturated carbocycles. The highest BCUT2D eigenvalue weighted by atomic mass is 16.2. The molecule has 1 aromatic heterocycles. The van der Waals surface area contributed by atoms with Crippen molar-refractivity contribution in [3.05, 3.63) is 42.5 Å². The molecule has 6 heteroatoms. The summed E-state index contributed by atoms with van der Waals surface area (Å²) in [7, 11) is 3.82. The monoisotopic (exact) mass is 273 g/mol. The van der Waals surface area contributed by atoms with Crippen LogP contribution in [0.15, 0.2) is 36.7 Å². The molecule has 0 bridgehead atoms. The summed E-state index contributed by atoms with van der Waals surface area (Å²) in [6.45, 7) is 0.912. The van der Waals surface area contributed by atoms with Crippen molar-refractivity contribution in [1.82, 2.24) is 14.5 Å². The van der Waals surface area contributed by atoms with E-state index in [1.54, 1.807) is 18.3 Å². The van der Waals surface area contributed by atoms with Crippen LogP contribution in [0.5, 0.6) is 0 Å². The lowest BCUT2D eigenvalue weighted by Crippen LogP contribution is -2.30. The van der Waals surface area contributed by atoms with Crippen LogP contribution in [0.1, 0.15) is 5.82 Å². The number of nitrogens with one attached hydrogen (secondary N) is 1. The molecule has 0 aliphatic rings. The fourth-order valence-electron chi connectivity index (χ4n) is 1.91. The molecule has 2 rings (SSSR count). The van der Waals surface area contributed by atoms with E-state index in [4.69, 9.17) is 5.73 Å². The number of anilines is 2. The molecule has 0 atom stereocenters. The maximum Gasteiger partial charge on any atom is 0.238 e. The lowest BCUT2D eigenvalue weighted by atomic mass is 10.3. The SMILES string of the molecule is CN(CC(=O)Nc1cccc(N)c1)Cc1nccn1C. The molecule has 6 nitrogen and oxygen atoms in total. The van der Waals surface area contributed by atoms with Crippen molar-refractivity contribution in [3.8, 4) is 0 Å². The van der Waals surface area contributed by atoms with E-state index in [0.717, 1.165) is 5.82 Å². The van der Waals surface area contributed by atoms with Crippen molar-refractivity contribution in [1.29, 1.82) is 0 Å². The van der Waals surface area contributed by atoms with Gasteiger partial charge in [0, 0.05) is 30.8 Å². The Morgan fingerprint density at radius 2 is 2.30 bits per heavy atom. The number of benzene rings is 1. The van der Waals surface area contributed by atoms with Gasteiger partial charge in [-0.2, -0.15) is 0 Å². The topological polar surface area (TPSA) is 76.2 Å². The lowest BCUT2D eigenvalue weighted by Gasteiger charge is -2.16. The van der Waals surface area contributed by atoms with Gasteiger partial charge in [-0.15, -0.1) is 0 Å². The number of imidazole rings is 1. The summed E-state index contributed by atoms with van der Waals surface area (Å²) in [5, 5.41) is 2.82. The van der Waals surface area contributed by atoms with Gasteiger partial charge in [0.2, 0.25) is 5.91 Å². The number of aromatic nitrogens is 2. The maximum absolute atomic E-state index is 11.9. The number of nitrogens with zero attached hydrogens (tertiary/aromatic N) is 3. The van der Waals surface area contributed by atoms with E-state index in [9.17, 15) is 4.79 Å². The second kappa shape index (κ2) is 6.21. The molecule has 0 aliphatic heterocycles. The number of carbonyl (C=O) groups is 1. The standard InChI is InChI=1S/C14H19N5O/c1-18(9-13-16-6-7-19(13)2)10-14(20)17-12-5-3-4-11(15)8-12/h3-8H,9-10,15H2,1-2H3,(H,17,20). The zero-order chi connectivity index (χ0) is 14.5. The normalized spacial score (nSPS) is 10.8. The van der Waals surface area contributed by atoms with E-state index in [1.807, 2.05) is 41.9 Å². The molecule has 3 N–H and O–H groups in total. The van der Waals surface area contributed by atoms with Crippen LogP contribution in [-0.2, 0) is 18.4 Å². The zero-order valence-corrected chi connectivity index (χ0v) is 11.7. The van der Waals surface area contributed by atoms with Gasteiger partial charge in [-0.25, -0.2) is 4.98 Å². The number of aryl methyl sites for hydroxylation is 1. The minimum absolute atomic E-state index is 0.0766. The number of amides is 1. The third-order valence-corrected chi connectivity index (χ3v) is 2.92. The van der Waals surface area contributed by atoms with E-state index in [2.05, 4.69) is 10.3 Å². The predicted molar refractivity (Wildman–Crippen MR) is 79.0 cm³/mol. The van der Waals surface area contributed by atoms with Gasteiger partial charge in [0.25, 0.3) is 0 Å². The van der Waals surface area contributed by atoms with Crippen molar-refractivity contribution in [2.45, 2.75) is 6.54 Å². The van der Waals surface area contributed by atoms with E-state index in [0.29, 0.717) is 24.5 Å². The molecule has 0 saturated heterocycles. The third kappa shape index (κ3) is 3.83. The number of rotatable bonds is 5. The van der Waals surface area contributed by atoms with Crippen LogP contribution >= 0.6 is 0 Å². The van der Waals surface area contributed by atoms with Crippen LogP contribution in [0.4, 0.5) is 11.4 Å². The summed E-state index contributed by atoms with van der Waals surface area (Å²) in [5.74, 6) is 0.844. The Hall–Kier alpha value is -2.34. The second-order valence-electron chi connectivity index (χ2n) is 4.80. The predicted octanol–water partition coefficient (Wildman–Crippen LogP) is 1.07. The number of carbonyl (C=O) groups excluding carboxylic acids is 1. The first-order chi connectivity index (χ1) is 9.54. The van der Waals surface area contributed by atoms with Crippen molar-refractivity contribution >= 4 is 17.3 Å². The van der Waals surface area contributed by atoms with E-state index >= 15 is 0 Å². The Balaban J connectivity index is 1.86. The number of nitrogens with two attached hydrogens (primary N) is 1. The van der Waals surface area contributed by atoms with Crippen LogP contribution in [-0.4, -0.2) is 34.0 Å². The Labute approximate surface area is 118 Å². The van der Waals surface area contributed by atoms with Gasteiger partial charge in [0.1, 0.15) is 5.82 Å². The molecule has 1 heterocycles. The average molecular weight is 273 g/mol. The molecule has 0 spiro atoms. The molecule has 2 aromatic rings. The number of likely N-dealkylation sites (N-methyl/N-ethyl adjacent to an activating group) is 1. The molecule has 0 unspecified atom stereocenters. The Kier molecular flexibility index (Phi) is 4.37. The largest absolute Gasteiger partial charge is 0.399 e. The minimum atomic E-state index is -0.0766. The smallest absolute Gasteiger partial charge is 0.238 e. The summed E-state index contributed by atoms with van der Waals surface area (Å²) in [6, 6.07) is 7.13. The Morgan fingerprint density at radius 1 is 1.50 bits per heavy atom. The van der Waals surface area contributed by atoms with E-state index in [1.165, 1.54) is 0 Å². The minimum Gasteiger partial charge on any atom is -0.399 e. The fourth-order valence-corrected chi connectivity index (χ4v) is 1.91. The highest BCUT2D eigenvalue weighted by Gasteiger charge is 2.09. The maximum atomic E-state index is 11.9. The molecular weight excluding hydrogens is 254 g/mol. The number of nitrogen functional groups attached to an aromatic ring is 1. The van der Waals surface area contributed by atoms with Crippen LogP contribution in [0.3, 0.4) is 0 Å². The highest BCUT2D eigenvalue weighted by molar-refractivity contribution is 5.92. The van der Waals surface area contributed by atoms with Crippen LogP contribution in [0.2, 0.25) is 0 Å². The molecule has 106 valence electrons. The van der Waals surface area contributed by atoms with Gasteiger partial charge in [-0.05, 0) is 25.2 Å². The van der Waals surface area contributed by atoms with Crippen LogP contribution < -0.4 is 11.1 Å². The summed E-state index contributed by atoms with van der Waals surface area (Å²) in [5.41, 5.74) is 7.01. The zero-order valence-electron chi connectivity index (χ0n) is 11.7. The lowest BCUT2D eigenvalue weighted by molar-refractivity contribution is -0.117. The molecule has 0 fully saturated rings. The third-order valence-electron chi connectivity index (χ3n) is 2.92. The summed E-state index contributed by atoms with van der Waals surface area (Å²) >= 11 is 0. The van der Waals surface area contributed by atoms with Gasteiger partial charge in [0.05, 0.1) is 13.1 Å². The molecule has 0 aliphatic carbocycles. The first-order valence-corrected chi connectivity index (χ1v) is 6.35. The molecular formula is C14H19N5O. The molecule has 1 amide bonds. The highest BCUT2D eigenvalue weighted by Crippen LogP contribution is 2.11. The number of hydrogen-bond acceptors (Lipinski definition) is 4. The van der Waals surface area contributed by atoms with Gasteiger partial charge in [-0.3, -0.25) is 9.69 Å². The quantitative estimate of drug-likeness (QED) is 0.799. The van der Waals surface area contributed by atoms with Crippen molar-refractivity contribution in [2.75, 3.05) is 24.6 Å². The van der Waals surface area contributed by atoms with Crippen molar-refractivity contribution in [2.24, 2.45) is 7.05 Å². The number of hydrogen-bond donors (Lipinski definition) is 2. The summed E-state index contributed by atoms with van der Waals surface area (Å²) in [4.78, 5) is 18.1. The van der Waals surface area contributed by atoms with Crippen LogP contribution in [0, 0.1) is 0 Å². The Morgan fingerprint density at radius 3 is 2.95 bits per heavy atom. The van der Waals surface area contributed by atoms with Gasteiger partial charge in [-0.1, -0.05) is 6.07 Å². The van der Waals surface area contributed by atoms with E-state index < -0.39 is 0 Å². The fraction of sp³-hybridized carbons (Fsp3) is 0.286. The van der Waals surface area contributed by atoms with Crippen molar-refractivity contribution < 1.29 is 4.79 Å².